The molecule has 0 aliphatic carbocycles. The molecule has 7 nitrogen and oxygen atoms in total. The molecule has 0 saturated heterocycles. The zero-order valence-electron chi connectivity index (χ0n) is 23.3. The van der Waals surface area contributed by atoms with Crippen LogP contribution in [-0.2, 0) is 26.2 Å². The number of nitrogens with one attached hydrogen (secondary N) is 1. The summed E-state index contributed by atoms with van der Waals surface area (Å²) in [7, 11) is -4.14. The van der Waals surface area contributed by atoms with E-state index >= 15 is 0 Å². The van der Waals surface area contributed by atoms with Crippen LogP contribution < -0.4 is 9.62 Å². The van der Waals surface area contributed by atoms with E-state index < -0.39 is 28.5 Å². The van der Waals surface area contributed by atoms with Gasteiger partial charge in [0.1, 0.15) is 12.6 Å². The third kappa shape index (κ3) is 7.56. The molecular weight excluding hydrogens is 569 g/mol. The zero-order valence-corrected chi connectivity index (χ0v) is 25.6. The van der Waals surface area contributed by atoms with Crippen molar-refractivity contribution >= 4 is 50.7 Å². The lowest BCUT2D eigenvalue weighted by molar-refractivity contribution is -0.140. The molecule has 0 aromatic heterocycles. The molecule has 3 rings (SSSR count). The van der Waals surface area contributed by atoms with Gasteiger partial charge in [-0.3, -0.25) is 13.9 Å². The fourth-order valence-electron chi connectivity index (χ4n) is 4.50. The Bertz CT molecular complexity index is 1420. The number of aryl methyl sites for hydroxylation is 2. The number of hydrogen-bond donors (Lipinski definition) is 1. The molecule has 1 unspecified atom stereocenters. The zero-order chi connectivity index (χ0) is 29.6. The standard InChI is InChI=1S/C30H35Cl2N3O4S/c1-6-28(30(37)33-20(2)3)34(18-25-26(31)13-10-14-27(25)32)29(36)19-35(23-16-21(4)15-22(5)17-23)40(38,39)24-11-8-7-9-12-24/h7-17,20,28H,6,18-19H2,1-5H3,(H,33,37). The third-order valence-electron chi connectivity index (χ3n) is 6.31. The van der Waals surface area contributed by atoms with Crippen molar-refractivity contribution in [1.29, 1.82) is 0 Å². The van der Waals surface area contributed by atoms with Crippen LogP contribution in [0.2, 0.25) is 10.0 Å². The number of anilines is 1. The van der Waals surface area contributed by atoms with Crippen LogP contribution in [0.4, 0.5) is 5.69 Å². The van der Waals surface area contributed by atoms with Crippen molar-refractivity contribution in [2.24, 2.45) is 0 Å². The van der Waals surface area contributed by atoms with Gasteiger partial charge in [0.05, 0.1) is 10.6 Å². The van der Waals surface area contributed by atoms with Gasteiger partial charge in [0.25, 0.3) is 10.0 Å². The Morgan fingerprint density at radius 2 is 1.48 bits per heavy atom. The largest absolute Gasteiger partial charge is 0.352 e. The summed E-state index contributed by atoms with van der Waals surface area (Å²) in [6, 6.07) is 17.3. The SMILES string of the molecule is CCC(C(=O)NC(C)C)N(Cc1c(Cl)cccc1Cl)C(=O)CN(c1cc(C)cc(C)c1)S(=O)(=O)c1ccccc1. The summed E-state index contributed by atoms with van der Waals surface area (Å²) in [5.74, 6) is -0.918. The molecule has 3 aromatic rings. The molecule has 0 saturated carbocycles. The first-order valence-corrected chi connectivity index (χ1v) is 15.2. The number of nitrogens with zero attached hydrogens (tertiary/aromatic N) is 2. The minimum atomic E-state index is -4.14. The summed E-state index contributed by atoms with van der Waals surface area (Å²) < 4.78 is 29.0. The smallest absolute Gasteiger partial charge is 0.264 e. The summed E-state index contributed by atoms with van der Waals surface area (Å²) in [5.41, 5.74) is 2.51. The minimum absolute atomic E-state index is 0.0484. The van der Waals surface area contributed by atoms with Crippen molar-refractivity contribution in [2.45, 2.75) is 64.6 Å². The Balaban J connectivity index is 2.13. The number of halogens is 2. The monoisotopic (exact) mass is 603 g/mol. The van der Waals surface area contributed by atoms with Crippen LogP contribution in [-0.4, -0.2) is 43.8 Å². The van der Waals surface area contributed by atoms with Gasteiger partial charge in [-0.05, 0) is 81.6 Å². The van der Waals surface area contributed by atoms with E-state index in [0.29, 0.717) is 27.7 Å². The molecular formula is C30H35Cl2N3O4S. The minimum Gasteiger partial charge on any atom is -0.352 e. The van der Waals surface area contributed by atoms with E-state index in [4.69, 9.17) is 23.2 Å². The number of hydrogen-bond acceptors (Lipinski definition) is 4. The fourth-order valence-corrected chi connectivity index (χ4v) is 6.43. The first kappa shape index (κ1) is 31.5. The molecule has 1 N–H and O–H groups in total. The van der Waals surface area contributed by atoms with Crippen LogP contribution in [0, 0.1) is 13.8 Å². The van der Waals surface area contributed by atoms with Crippen molar-refractivity contribution in [3.63, 3.8) is 0 Å². The van der Waals surface area contributed by atoms with E-state index in [1.807, 2.05) is 33.8 Å². The molecule has 1 atom stereocenters. The van der Waals surface area contributed by atoms with E-state index in [1.165, 1.54) is 17.0 Å². The summed E-state index contributed by atoms with van der Waals surface area (Å²) in [4.78, 5) is 28.8. The maximum atomic E-state index is 14.1. The molecule has 0 fully saturated rings. The summed E-state index contributed by atoms with van der Waals surface area (Å²) in [5, 5.41) is 3.55. The quantitative estimate of drug-likeness (QED) is 0.285. The lowest BCUT2D eigenvalue weighted by Gasteiger charge is -2.34. The van der Waals surface area contributed by atoms with E-state index in [-0.39, 0.29) is 23.4 Å². The fraction of sp³-hybridized carbons (Fsp3) is 0.333. The van der Waals surface area contributed by atoms with E-state index in [1.54, 1.807) is 55.5 Å². The van der Waals surface area contributed by atoms with Gasteiger partial charge in [-0.1, -0.05) is 60.5 Å². The Morgan fingerprint density at radius 1 is 0.900 bits per heavy atom. The van der Waals surface area contributed by atoms with Gasteiger partial charge in [0.2, 0.25) is 11.8 Å². The predicted octanol–water partition coefficient (Wildman–Crippen LogP) is 6.14. The van der Waals surface area contributed by atoms with Gasteiger partial charge in [-0.15, -0.1) is 0 Å². The van der Waals surface area contributed by atoms with Crippen LogP contribution in [0.5, 0.6) is 0 Å². The molecule has 0 spiro atoms. The molecule has 0 radical (unpaired) electrons. The van der Waals surface area contributed by atoms with Gasteiger partial charge in [0.15, 0.2) is 0 Å². The maximum absolute atomic E-state index is 14.1. The normalized spacial score (nSPS) is 12.2. The van der Waals surface area contributed by atoms with Crippen molar-refractivity contribution < 1.29 is 18.0 Å². The van der Waals surface area contributed by atoms with Crippen LogP contribution in [0.25, 0.3) is 0 Å². The summed E-state index contributed by atoms with van der Waals surface area (Å²) in [6.07, 6.45) is 0.293. The van der Waals surface area contributed by atoms with Gasteiger partial charge in [-0.25, -0.2) is 8.42 Å². The third-order valence-corrected chi connectivity index (χ3v) is 8.81. The molecule has 2 amide bonds. The van der Waals surface area contributed by atoms with Crippen molar-refractivity contribution in [2.75, 3.05) is 10.8 Å². The Kier molecular flexibility index (Phi) is 10.6. The molecule has 3 aromatic carbocycles. The predicted molar refractivity (Wildman–Crippen MR) is 161 cm³/mol. The second kappa shape index (κ2) is 13.5. The molecule has 40 heavy (non-hydrogen) atoms. The van der Waals surface area contributed by atoms with Gasteiger partial charge in [0, 0.05) is 28.2 Å². The number of carbonyl (C=O) groups excluding carboxylic acids is 2. The molecule has 0 aliphatic rings. The van der Waals surface area contributed by atoms with Crippen molar-refractivity contribution in [3.05, 3.63) is 93.5 Å². The van der Waals surface area contributed by atoms with Gasteiger partial charge < -0.3 is 10.2 Å². The summed E-state index contributed by atoms with van der Waals surface area (Å²) in [6.45, 7) is 8.57. The number of amides is 2. The molecule has 0 bridgehead atoms. The Morgan fingerprint density at radius 3 is 2.00 bits per heavy atom. The first-order chi connectivity index (χ1) is 18.8. The highest BCUT2D eigenvalue weighted by Crippen LogP contribution is 2.29. The average molecular weight is 605 g/mol. The van der Waals surface area contributed by atoms with Crippen LogP contribution in [0.15, 0.2) is 71.6 Å². The average Bonchev–Trinajstić information content (AvgIpc) is 2.88. The molecule has 0 aliphatic heterocycles. The Hall–Kier alpha value is -3.07. The van der Waals surface area contributed by atoms with Crippen LogP contribution in [0.3, 0.4) is 0 Å². The van der Waals surface area contributed by atoms with Gasteiger partial charge in [-0.2, -0.15) is 0 Å². The lowest BCUT2D eigenvalue weighted by Crippen LogP contribution is -2.53. The number of benzene rings is 3. The molecule has 10 heteroatoms. The number of carbonyl (C=O) groups is 2. The highest BCUT2D eigenvalue weighted by atomic mass is 35.5. The lowest BCUT2D eigenvalue weighted by atomic mass is 10.1. The summed E-state index contributed by atoms with van der Waals surface area (Å²) >= 11 is 12.9. The Labute approximate surface area is 247 Å². The van der Waals surface area contributed by atoms with Crippen molar-refractivity contribution in [1.82, 2.24) is 10.2 Å². The van der Waals surface area contributed by atoms with E-state index in [0.717, 1.165) is 15.4 Å². The number of sulfonamides is 1. The second-order valence-electron chi connectivity index (χ2n) is 9.98. The molecule has 214 valence electrons. The van der Waals surface area contributed by atoms with Crippen LogP contribution >= 0.6 is 23.2 Å². The molecule has 0 heterocycles. The van der Waals surface area contributed by atoms with E-state index in [9.17, 15) is 18.0 Å². The maximum Gasteiger partial charge on any atom is 0.264 e. The highest BCUT2D eigenvalue weighted by Gasteiger charge is 2.34. The second-order valence-corrected chi connectivity index (χ2v) is 12.7. The topological polar surface area (TPSA) is 86.8 Å². The van der Waals surface area contributed by atoms with Crippen molar-refractivity contribution in [3.8, 4) is 0 Å². The van der Waals surface area contributed by atoms with Gasteiger partial charge >= 0.3 is 0 Å². The first-order valence-electron chi connectivity index (χ1n) is 13.0. The number of rotatable bonds is 11. The highest BCUT2D eigenvalue weighted by molar-refractivity contribution is 7.92. The van der Waals surface area contributed by atoms with E-state index in [2.05, 4.69) is 5.32 Å². The van der Waals surface area contributed by atoms with Crippen LogP contribution in [0.1, 0.15) is 43.9 Å².